The van der Waals surface area contributed by atoms with Crippen LogP contribution in [0.4, 0.5) is 17.1 Å². The fourth-order valence-corrected chi connectivity index (χ4v) is 7.43. The van der Waals surface area contributed by atoms with E-state index in [0.29, 0.717) is 0 Å². The second-order valence-electron chi connectivity index (χ2n) is 12.6. The molecule has 0 aliphatic heterocycles. The van der Waals surface area contributed by atoms with Crippen LogP contribution < -0.4 is 4.90 Å². The zero-order chi connectivity index (χ0) is 31.4. The van der Waals surface area contributed by atoms with Gasteiger partial charge in [-0.05, 0) is 101 Å². The van der Waals surface area contributed by atoms with E-state index in [1.807, 2.05) is 6.08 Å². The van der Waals surface area contributed by atoms with Gasteiger partial charge in [0.05, 0.1) is 11.0 Å². The average molecular weight is 593 g/mol. The lowest BCUT2D eigenvalue weighted by Crippen LogP contribution is -2.16. The summed E-state index contributed by atoms with van der Waals surface area (Å²) in [4.78, 5) is 2.37. The molecular weight excluding hydrogens is 556 g/mol. The molecule has 0 saturated heterocycles. The third kappa shape index (κ3) is 4.25. The number of allylic oxidation sites excluding steroid dienone is 3. The van der Waals surface area contributed by atoms with Gasteiger partial charge >= 0.3 is 0 Å². The molecule has 7 aromatic rings. The molecule has 2 heteroatoms. The van der Waals surface area contributed by atoms with Gasteiger partial charge in [0, 0.05) is 38.9 Å². The summed E-state index contributed by atoms with van der Waals surface area (Å²) in [5, 5.41) is 2.49. The first-order valence-corrected chi connectivity index (χ1v) is 16.0. The normalized spacial score (nSPS) is 13.5. The van der Waals surface area contributed by atoms with Crippen molar-refractivity contribution in [2.75, 3.05) is 4.90 Å². The molecule has 0 atom stereocenters. The van der Waals surface area contributed by atoms with E-state index >= 15 is 0 Å². The van der Waals surface area contributed by atoms with E-state index in [1.165, 1.54) is 55.2 Å². The number of rotatable bonds is 6. The summed E-state index contributed by atoms with van der Waals surface area (Å²) in [6.45, 7) is 10.8. The zero-order valence-electron chi connectivity index (χ0n) is 26.5. The van der Waals surface area contributed by atoms with Gasteiger partial charge in [-0.2, -0.15) is 0 Å². The van der Waals surface area contributed by atoms with E-state index in [1.54, 1.807) is 0 Å². The Morgan fingerprint density at radius 2 is 1.22 bits per heavy atom. The summed E-state index contributed by atoms with van der Waals surface area (Å²) in [6.07, 6.45) is 4.04. The molecule has 222 valence electrons. The van der Waals surface area contributed by atoms with Gasteiger partial charge in [0.2, 0.25) is 0 Å². The van der Waals surface area contributed by atoms with Crippen LogP contribution in [0.15, 0.2) is 158 Å². The Morgan fingerprint density at radius 3 is 2.00 bits per heavy atom. The van der Waals surface area contributed by atoms with E-state index in [4.69, 9.17) is 0 Å². The number of fused-ring (bicyclic) bond motifs is 6. The Labute approximate surface area is 271 Å². The molecule has 0 fully saturated rings. The van der Waals surface area contributed by atoms with Gasteiger partial charge in [0.15, 0.2) is 0 Å². The minimum absolute atomic E-state index is 0.0602. The van der Waals surface area contributed by atoms with Gasteiger partial charge in [0.25, 0.3) is 0 Å². The van der Waals surface area contributed by atoms with Crippen LogP contribution in [-0.2, 0) is 5.41 Å². The summed E-state index contributed by atoms with van der Waals surface area (Å²) in [5.74, 6) is 0. The van der Waals surface area contributed by atoms with Gasteiger partial charge in [-0.3, -0.25) is 0 Å². The second-order valence-corrected chi connectivity index (χ2v) is 12.6. The third-order valence-electron chi connectivity index (χ3n) is 9.73. The van der Waals surface area contributed by atoms with Crippen LogP contribution in [0.1, 0.15) is 31.9 Å². The number of anilines is 3. The van der Waals surface area contributed by atoms with Crippen LogP contribution in [-0.4, -0.2) is 4.57 Å². The smallest absolute Gasteiger partial charge is 0.0541 e. The molecule has 1 heterocycles. The minimum Gasteiger partial charge on any atom is -0.310 e. The highest BCUT2D eigenvalue weighted by molar-refractivity contribution is 6.11. The van der Waals surface area contributed by atoms with Crippen molar-refractivity contribution in [2.45, 2.75) is 26.2 Å². The number of para-hydroxylation sites is 2. The maximum atomic E-state index is 4.07. The maximum absolute atomic E-state index is 4.07. The minimum atomic E-state index is -0.0602. The van der Waals surface area contributed by atoms with Crippen molar-refractivity contribution in [3.8, 4) is 22.3 Å². The number of hydrogen-bond acceptors (Lipinski definition) is 1. The average Bonchev–Trinajstić information content (AvgIpc) is 3.55. The molecule has 0 radical (unpaired) electrons. The molecule has 0 spiro atoms. The standard InChI is InChI=1S/C44H36N2/c1-5-32(6-2)46-42-19-13-11-17-38(42)39-28-31(22-27-43(39)46)30-20-23-34(24-21-30)45(33-14-8-7-9-15-33)35-25-26-37-36-16-10-12-18-40(36)44(3,4)41(37)29-35/h5-29H,1H2,2-4H3. The van der Waals surface area contributed by atoms with E-state index in [9.17, 15) is 0 Å². The molecule has 0 N–H and O–H groups in total. The molecule has 0 unspecified atom stereocenters. The van der Waals surface area contributed by atoms with Crippen LogP contribution in [0, 0.1) is 0 Å². The number of nitrogens with zero attached hydrogens (tertiary/aromatic N) is 2. The summed E-state index contributed by atoms with van der Waals surface area (Å²) in [7, 11) is 0. The fraction of sp³-hybridized carbons (Fsp3) is 0.0909. The highest BCUT2D eigenvalue weighted by Crippen LogP contribution is 2.50. The topological polar surface area (TPSA) is 8.17 Å². The Kier molecular flexibility index (Phi) is 6.54. The quantitative estimate of drug-likeness (QED) is 0.174. The predicted octanol–water partition coefficient (Wildman–Crippen LogP) is 12.3. The number of hydrogen-bond donors (Lipinski definition) is 0. The lowest BCUT2D eigenvalue weighted by Gasteiger charge is -2.28. The molecule has 2 nitrogen and oxygen atoms in total. The van der Waals surface area contributed by atoms with E-state index in [0.717, 1.165) is 22.8 Å². The third-order valence-corrected chi connectivity index (χ3v) is 9.73. The zero-order valence-corrected chi connectivity index (χ0v) is 26.5. The van der Waals surface area contributed by atoms with E-state index in [-0.39, 0.29) is 5.41 Å². The highest BCUT2D eigenvalue weighted by Gasteiger charge is 2.35. The van der Waals surface area contributed by atoms with Crippen molar-refractivity contribution in [3.05, 3.63) is 169 Å². The molecule has 1 aliphatic carbocycles. The highest BCUT2D eigenvalue weighted by atomic mass is 15.1. The summed E-state index contributed by atoms with van der Waals surface area (Å²) >= 11 is 0. The number of aromatic nitrogens is 1. The first-order chi connectivity index (χ1) is 22.5. The molecule has 0 saturated carbocycles. The Morgan fingerprint density at radius 1 is 0.587 bits per heavy atom. The van der Waals surface area contributed by atoms with Crippen LogP contribution >= 0.6 is 0 Å². The Bertz CT molecular complexity index is 2300. The molecule has 46 heavy (non-hydrogen) atoms. The fourth-order valence-electron chi connectivity index (χ4n) is 7.43. The summed E-state index contributed by atoms with van der Waals surface area (Å²) < 4.78 is 2.30. The summed E-state index contributed by atoms with van der Waals surface area (Å²) in [5.41, 5.74) is 14.7. The number of benzene rings is 6. The molecule has 1 aromatic heterocycles. The van der Waals surface area contributed by atoms with Crippen molar-refractivity contribution in [1.82, 2.24) is 4.57 Å². The molecule has 0 amide bonds. The van der Waals surface area contributed by atoms with Gasteiger partial charge in [-0.1, -0.05) is 111 Å². The molecule has 8 rings (SSSR count). The van der Waals surface area contributed by atoms with Gasteiger partial charge in [-0.25, -0.2) is 0 Å². The maximum Gasteiger partial charge on any atom is 0.0541 e. The van der Waals surface area contributed by atoms with Crippen LogP contribution in [0.2, 0.25) is 0 Å². The molecular formula is C44H36N2. The Balaban J connectivity index is 1.22. The van der Waals surface area contributed by atoms with E-state index < -0.39 is 0 Å². The van der Waals surface area contributed by atoms with Crippen LogP contribution in [0.3, 0.4) is 0 Å². The van der Waals surface area contributed by atoms with Crippen molar-refractivity contribution in [3.63, 3.8) is 0 Å². The van der Waals surface area contributed by atoms with Gasteiger partial charge in [0.1, 0.15) is 0 Å². The van der Waals surface area contributed by atoms with Gasteiger partial charge in [-0.15, -0.1) is 0 Å². The van der Waals surface area contributed by atoms with Crippen LogP contribution in [0.5, 0.6) is 0 Å². The van der Waals surface area contributed by atoms with E-state index in [2.05, 4.69) is 182 Å². The van der Waals surface area contributed by atoms with Crippen molar-refractivity contribution >= 4 is 44.6 Å². The van der Waals surface area contributed by atoms with Crippen molar-refractivity contribution in [1.29, 1.82) is 0 Å². The largest absolute Gasteiger partial charge is 0.310 e. The lowest BCUT2D eigenvalue weighted by atomic mass is 9.82. The molecule has 0 bridgehead atoms. The van der Waals surface area contributed by atoms with Gasteiger partial charge < -0.3 is 9.47 Å². The lowest BCUT2D eigenvalue weighted by molar-refractivity contribution is 0.660. The van der Waals surface area contributed by atoms with Crippen LogP contribution in [0.25, 0.3) is 49.8 Å². The van der Waals surface area contributed by atoms with Crippen molar-refractivity contribution in [2.24, 2.45) is 0 Å². The first kappa shape index (κ1) is 27.9. The molecule has 1 aliphatic rings. The Hall–Kier alpha value is -5.60. The predicted molar refractivity (Wildman–Crippen MR) is 197 cm³/mol. The monoisotopic (exact) mass is 592 g/mol. The SMILES string of the molecule is C=CC(=CC)n1c2ccccc2c2cc(-c3ccc(N(c4ccccc4)c4ccc5c(c4)C(C)(C)c4ccccc4-5)cc3)ccc21. The summed E-state index contributed by atoms with van der Waals surface area (Å²) in [6, 6.07) is 50.9. The first-order valence-electron chi connectivity index (χ1n) is 16.0. The second kappa shape index (κ2) is 10.8. The van der Waals surface area contributed by atoms with Crippen molar-refractivity contribution < 1.29 is 0 Å². The molecule has 6 aromatic carbocycles.